The van der Waals surface area contributed by atoms with Gasteiger partial charge in [0.25, 0.3) is 5.56 Å². The van der Waals surface area contributed by atoms with Gasteiger partial charge in [0.1, 0.15) is 11.4 Å². The molecule has 0 atom stereocenters. The maximum atomic E-state index is 13.1. The number of alkyl halides is 6. The van der Waals surface area contributed by atoms with Crippen molar-refractivity contribution < 1.29 is 35.9 Å². The van der Waals surface area contributed by atoms with E-state index >= 15 is 0 Å². The van der Waals surface area contributed by atoms with Gasteiger partial charge in [-0.2, -0.15) is 31.4 Å². The first-order chi connectivity index (χ1) is 17.3. The third kappa shape index (κ3) is 8.44. The Morgan fingerprint density at radius 3 is 2.30 bits per heavy atom. The molecule has 2 rings (SSSR count). The molecule has 1 fully saturated rings. The number of nitrogens with zero attached hydrogens (tertiary/aromatic N) is 4. The molecule has 0 saturated carbocycles. The number of allylic oxidation sites excluding steroid dienone is 3. The van der Waals surface area contributed by atoms with Crippen LogP contribution in [-0.2, 0) is 22.3 Å². The molecule has 0 radical (unpaired) electrons. The lowest BCUT2D eigenvalue weighted by Gasteiger charge is -2.36. The smallest absolute Gasteiger partial charge is 0.375 e. The summed E-state index contributed by atoms with van der Waals surface area (Å²) in [6.45, 7) is 5.23. The van der Waals surface area contributed by atoms with Crippen LogP contribution in [0.5, 0.6) is 0 Å². The van der Waals surface area contributed by atoms with E-state index in [4.69, 9.17) is 4.74 Å². The summed E-state index contributed by atoms with van der Waals surface area (Å²) in [5.74, 6) is 0.156. The fraction of sp³-hybridized carbons (Fsp3) is 0.565. The standard InChI is InChI=1S/C23H29F6N5O3/c1-4-6-18(30-13-16(5-2)22(24,25)26)33-8-10-34(11-9-33)19(35)7-12-37-14-17-15(3)20(23(27,28)29)21(36)32-31-17/h5-6,13H,4,7-12,14H2,1-3H3,(H,32,36)/b16-5+,18-6-,30-13-. The first-order valence-corrected chi connectivity index (χ1v) is 11.5. The Kier molecular flexibility index (Phi) is 10.5. The van der Waals surface area contributed by atoms with E-state index in [0.717, 1.165) is 19.2 Å². The fourth-order valence-electron chi connectivity index (χ4n) is 3.62. The highest BCUT2D eigenvalue weighted by atomic mass is 19.4. The molecule has 1 N–H and O–H groups in total. The number of rotatable bonds is 9. The summed E-state index contributed by atoms with van der Waals surface area (Å²) in [6, 6.07) is 0. The second-order valence-electron chi connectivity index (χ2n) is 8.14. The summed E-state index contributed by atoms with van der Waals surface area (Å²) in [6.07, 6.45) is -5.37. The number of amides is 1. The molecular formula is C23H29F6N5O3. The van der Waals surface area contributed by atoms with Crippen LogP contribution in [0.1, 0.15) is 43.5 Å². The normalized spacial score (nSPS) is 16.1. The highest BCUT2D eigenvalue weighted by molar-refractivity contribution is 5.81. The zero-order valence-electron chi connectivity index (χ0n) is 20.7. The molecule has 1 amide bonds. The minimum absolute atomic E-state index is 0.0272. The van der Waals surface area contributed by atoms with Crippen LogP contribution in [0.2, 0.25) is 0 Å². The molecule has 0 bridgehead atoms. The lowest BCUT2D eigenvalue weighted by atomic mass is 10.1. The molecule has 206 valence electrons. The minimum atomic E-state index is -4.84. The number of H-pyrrole nitrogens is 1. The van der Waals surface area contributed by atoms with Gasteiger partial charge in [-0.25, -0.2) is 10.1 Å². The van der Waals surface area contributed by atoms with Gasteiger partial charge in [-0.05, 0) is 31.9 Å². The second kappa shape index (κ2) is 12.9. The monoisotopic (exact) mass is 537 g/mol. The molecule has 2 heterocycles. The lowest BCUT2D eigenvalue weighted by Crippen LogP contribution is -2.48. The van der Waals surface area contributed by atoms with Gasteiger partial charge in [-0.3, -0.25) is 9.59 Å². The third-order valence-corrected chi connectivity index (χ3v) is 5.63. The van der Waals surface area contributed by atoms with Crippen molar-refractivity contribution >= 4 is 12.1 Å². The summed E-state index contributed by atoms with van der Waals surface area (Å²) >= 11 is 0. The van der Waals surface area contributed by atoms with E-state index in [-0.39, 0.29) is 36.8 Å². The zero-order valence-corrected chi connectivity index (χ0v) is 20.7. The summed E-state index contributed by atoms with van der Waals surface area (Å²) in [7, 11) is 0. The van der Waals surface area contributed by atoms with Crippen molar-refractivity contribution in [3.63, 3.8) is 0 Å². The van der Waals surface area contributed by atoms with Crippen molar-refractivity contribution in [2.75, 3.05) is 32.8 Å². The Bertz CT molecular complexity index is 1080. The number of aromatic amines is 1. The predicted octanol–water partition coefficient (Wildman–Crippen LogP) is 3.98. The number of piperazine rings is 1. The summed E-state index contributed by atoms with van der Waals surface area (Å²) < 4.78 is 83.3. The van der Waals surface area contributed by atoms with E-state index in [9.17, 15) is 35.9 Å². The van der Waals surface area contributed by atoms with Gasteiger partial charge in [0.05, 0.1) is 30.9 Å². The number of ether oxygens (including phenoxy) is 1. The molecular weight excluding hydrogens is 508 g/mol. The van der Waals surface area contributed by atoms with Gasteiger partial charge in [0.2, 0.25) is 5.91 Å². The number of nitrogens with one attached hydrogen (secondary N) is 1. The number of hydrogen-bond donors (Lipinski definition) is 1. The number of carbonyl (C=O) groups is 1. The van der Waals surface area contributed by atoms with Crippen LogP contribution in [0, 0.1) is 6.92 Å². The van der Waals surface area contributed by atoms with Gasteiger partial charge >= 0.3 is 12.4 Å². The van der Waals surface area contributed by atoms with Crippen molar-refractivity contribution in [3.8, 4) is 0 Å². The van der Waals surface area contributed by atoms with Gasteiger partial charge in [0.15, 0.2) is 0 Å². The highest BCUT2D eigenvalue weighted by Crippen LogP contribution is 2.29. The largest absolute Gasteiger partial charge is 0.422 e. The second-order valence-corrected chi connectivity index (χ2v) is 8.14. The Hall–Kier alpha value is -3.16. The van der Waals surface area contributed by atoms with Crippen molar-refractivity contribution in [1.82, 2.24) is 20.0 Å². The number of aliphatic imine (C=N–C) groups is 1. The summed E-state index contributed by atoms with van der Waals surface area (Å²) in [4.78, 5) is 31.4. The van der Waals surface area contributed by atoms with Crippen LogP contribution >= 0.6 is 0 Å². The van der Waals surface area contributed by atoms with Crippen molar-refractivity contribution in [3.05, 3.63) is 50.7 Å². The Morgan fingerprint density at radius 1 is 1.14 bits per heavy atom. The van der Waals surface area contributed by atoms with E-state index < -0.39 is 29.0 Å². The Balaban J connectivity index is 1.87. The number of aromatic nitrogens is 2. The summed E-state index contributed by atoms with van der Waals surface area (Å²) in [5.41, 5.74) is -3.96. The average Bonchev–Trinajstić information content (AvgIpc) is 2.81. The van der Waals surface area contributed by atoms with Crippen LogP contribution in [-0.4, -0.2) is 71.1 Å². The van der Waals surface area contributed by atoms with Crippen LogP contribution in [0.15, 0.2) is 33.3 Å². The molecule has 0 unspecified atom stereocenters. The molecule has 1 aromatic heterocycles. The van der Waals surface area contributed by atoms with Crippen molar-refractivity contribution in [1.29, 1.82) is 0 Å². The quantitative estimate of drug-likeness (QED) is 0.293. The van der Waals surface area contributed by atoms with Crippen LogP contribution in [0.25, 0.3) is 0 Å². The third-order valence-electron chi connectivity index (χ3n) is 5.63. The van der Waals surface area contributed by atoms with Gasteiger partial charge < -0.3 is 14.5 Å². The molecule has 8 nitrogen and oxygen atoms in total. The predicted molar refractivity (Wildman–Crippen MR) is 124 cm³/mol. The van der Waals surface area contributed by atoms with E-state index in [0.29, 0.717) is 38.4 Å². The SMILES string of the molecule is C\C=C(/C=N\C(=C\CC)N1CCN(C(=O)CCOCc2n[nH]c(=O)c(C(F)(F)F)c2C)CC1)C(F)(F)F. The molecule has 1 aliphatic heterocycles. The van der Waals surface area contributed by atoms with Crippen molar-refractivity contribution in [2.24, 2.45) is 4.99 Å². The molecule has 0 spiro atoms. The van der Waals surface area contributed by atoms with Crippen LogP contribution < -0.4 is 5.56 Å². The van der Waals surface area contributed by atoms with E-state index in [1.165, 1.54) is 6.92 Å². The number of hydrogen-bond acceptors (Lipinski definition) is 6. The molecule has 0 aliphatic carbocycles. The fourth-order valence-corrected chi connectivity index (χ4v) is 3.62. The van der Waals surface area contributed by atoms with E-state index in [1.807, 2.05) is 6.92 Å². The molecule has 14 heteroatoms. The molecule has 1 saturated heterocycles. The van der Waals surface area contributed by atoms with Crippen molar-refractivity contribution in [2.45, 2.75) is 52.6 Å². The van der Waals surface area contributed by atoms with Gasteiger partial charge in [-0.1, -0.05) is 13.0 Å². The van der Waals surface area contributed by atoms with E-state index in [2.05, 4.69) is 10.1 Å². The van der Waals surface area contributed by atoms with Crippen LogP contribution in [0.4, 0.5) is 26.3 Å². The minimum Gasteiger partial charge on any atom is -0.375 e. The molecule has 1 aromatic rings. The maximum absolute atomic E-state index is 13.1. The van der Waals surface area contributed by atoms with Crippen LogP contribution in [0.3, 0.4) is 0 Å². The first kappa shape index (κ1) is 30.1. The maximum Gasteiger partial charge on any atom is 0.422 e. The zero-order chi connectivity index (χ0) is 27.8. The first-order valence-electron chi connectivity index (χ1n) is 11.5. The molecule has 1 aliphatic rings. The highest BCUT2D eigenvalue weighted by Gasteiger charge is 2.37. The Labute approximate surface area is 209 Å². The Morgan fingerprint density at radius 2 is 1.76 bits per heavy atom. The average molecular weight is 538 g/mol. The summed E-state index contributed by atoms with van der Waals surface area (Å²) in [5, 5.41) is 5.40. The number of halogens is 6. The molecule has 0 aromatic carbocycles. The number of carbonyl (C=O) groups excluding carboxylic acids is 1. The molecule has 37 heavy (non-hydrogen) atoms. The van der Waals surface area contributed by atoms with Gasteiger partial charge in [-0.15, -0.1) is 0 Å². The lowest BCUT2D eigenvalue weighted by molar-refractivity contribution is -0.139. The topological polar surface area (TPSA) is 90.9 Å². The van der Waals surface area contributed by atoms with E-state index in [1.54, 1.807) is 21.0 Å². The van der Waals surface area contributed by atoms with Gasteiger partial charge in [0, 0.05) is 32.4 Å².